The maximum absolute atomic E-state index is 13.4. The Morgan fingerprint density at radius 3 is 2.17 bits per heavy atom. The Labute approximate surface area is 206 Å². The number of nitrogens with zero attached hydrogens (tertiary/aromatic N) is 1. The van der Waals surface area contributed by atoms with Crippen LogP contribution in [0.4, 0.5) is 5.69 Å². The van der Waals surface area contributed by atoms with Gasteiger partial charge in [0.2, 0.25) is 5.91 Å². The molecule has 0 spiro atoms. The number of ether oxygens (including phenoxy) is 3. The molecule has 0 aromatic heterocycles. The van der Waals surface area contributed by atoms with E-state index in [-0.39, 0.29) is 18.0 Å². The molecule has 1 amide bonds. The van der Waals surface area contributed by atoms with E-state index in [1.54, 1.807) is 54.6 Å². The van der Waals surface area contributed by atoms with E-state index in [1.807, 2.05) is 19.9 Å². The summed E-state index contributed by atoms with van der Waals surface area (Å²) in [7, 11) is -2.46. The zero-order valence-electron chi connectivity index (χ0n) is 20.1. The summed E-state index contributed by atoms with van der Waals surface area (Å²) in [4.78, 5) is 13.0. The van der Waals surface area contributed by atoms with Crippen LogP contribution in [0.5, 0.6) is 17.2 Å². The van der Waals surface area contributed by atoms with Crippen molar-refractivity contribution in [2.75, 3.05) is 31.2 Å². The summed E-state index contributed by atoms with van der Waals surface area (Å²) in [5.41, 5.74) is 1.15. The average Bonchev–Trinajstić information content (AvgIpc) is 2.88. The van der Waals surface area contributed by atoms with E-state index in [0.717, 1.165) is 9.87 Å². The van der Waals surface area contributed by atoms with E-state index in [2.05, 4.69) is 5.32 Å². The molecule has 0 aliphatic carbocycles. The van der Waals surface area contributed by atoms with Gasteiger partial charge in [0.15, 0.2) is 11.5 Å². The van der Waals surface area contributed by atoms with E-state index in [4.69, 9.17) is 14.2 Å². The number of hydrogen-bond acceptors (Lipinski definition) is 6. The Bertz CT molecular complexity index is 1210. The topological polar surface area (TPSA) is 94.2 Å². The number of anilines is 1. The lowest BCUT2D eigenvalue weighted by molar-refractivity contribution is -0.119. The minimum absolute atomic E-state index is 0.0940. The van der Waals surface area contributed by atoms with Gasteiger partial charge in [-0.2, -0.15) is 0 Å². The van der Waals surface area contributed by atoms with Crippen LogP contribution in [0.3, 0.4) is 0 Å². The van der Waals surface area contributed by atoms with Crippen LogP contribution >= 0.6 is 0 Å². The summed E-state index contributed by atoms with van der Waals surface area (Å²) in [6, 6.07) is 19.9. The van der Waals surface area contributed by atoms with E-state index in [9.17, 15) is 13.2 Å². The monoisotopic (exact) mass is 498 g/mol. The summed E-state index contributed by atoms with van der Waals surface area (Å²) in [5, 5.41) is 2.80. The lowest BCUT2D eigenvalue weighted by Crippen LogP contribution is -2.40. The van der Waals surface area contributed by atoms with E-state index < -0.39 is 15.9 Å². The minimum atomic E-state index is -3.98. The Kier molecular flexibility index (Phi) is 8.97. The molecule has 3 rings (SSSR count). The molecule has 1 N–H and O–H groups in total. The Morgan fingerprint density at radius 2 is 1.54 bits per heavy atom. The third-order valence-electron chi connectivity index (χ3n) is 5.08. The summed E-state index contributed by atoms with van der Waals surface area (Å²) in [5.74, 6) is 1.35. The summed E-state index contributed by atoms with van der Waals surface area (Å²) >= 11 is 0. The maximum Gasteiger partial charge on any atom is 0.264 e. The average molecular weight is 499 g/mol. The van der Waals surface area contributed by atoms with Crippen molar-refractivity contribution in [2.45, 2.75) is 25.3 Å². The maximum atomic E-state index is 13.4. The molecule has 0 saturated carbocycles. The highest BCUT2D eigenvalue weighted by atomic mass is 32.2. The fourth-order valence-corrected chi connectivity index (χ4v) is 4.82. The predicted molar refractivity (Wildman–Crippen MR) is 135 cm³/mol. The van der Waals surface area contributed by atoms with Crippen molar-refractivity contribution < 1.29 is 27.4 Å². The second-order valence-corrected chi connectivity index (χ2v) is 9.31. The normalized spacial score (nSPS) is 10.9. The number of hydrogen-bond donors (Lipinski definition) is 1. The van der Waals surface area contributed by atoms with E-state index in [0.29, 0.717) is 36.1 Å². The van der Waals surface area contributed by atoms with Gasteiger partial charge in [0, 0.05) is 6.54 Å². The largest absolute Gasteiger partial charge is 0.497 e. The first-order valence-electron chi connectivity index (χ1n) is 11.3. The van der Waals surface area contributed by atoms with Crippen LogP contribution in [0.2, 0.25) is 0 Å². The molecule has 0 aliphatic rings. The van der Waals surface area contributed by atoms with Crippen molar-refractivity contribution in [1.29, 1.82) is 0 Å². The molecule has 186 valence electrons. The molecule has 0 unspecified atom stereocenters. The lowest BCUT2D eigenvalue weighted by atomic mass is 10.2. The van der Waals surface area contributed by atoms with Crippen molar-refractivity contribution >= 4 is 21.6 Å². The molecule has 0 radical (unpaired) electrons. The van der Waals surface area contributed by atoms with Crippen molar-refractivity contribution in [2.24, 2.45) is 0 Å². The fraction of sp³-hybridized carbons (Fsp3) is 0.269. The Balaban J connectivity index is 1.80. The highest BCUT2D eigenvalue weighted by Gasteiger charge is 2.27. The molecule has 35 heavy (non-hydrogen) atoms. The van der Waals surface area contributed by atoms with Crippen LogP contribution in [-0.4, -0.2) is 41.2 Å². The molecule has 3 aromatic rings. The van der Waals surface area contributed by atoms with Crippen molar-refractivity contribution in [1.82, 2.24) is 5.32 Å². The first-order chi connectivity index (χ1) is 16.9. The first-order valence-corrected chi connectivity index (χ1v) is 12.7. The van der Waals surface area contributed by atoms with Gasteiger partial charge in [-0.1, -0.05) is 24.3 Å². The summed E-state index contributed by atoms with van der Waals surface area (Å²) in [6.07, 6.45) is 0. The number of methoxy groups -OCH3 is 1. The molecule has 0 atom stereocenters. The lowest BCUT2D eigenvalue weighted by Gasteiger charge is -2.24. The number of benzene rings is 3. The first kappa shape index (κ1) is 25.9. The molecule has 0 aliphatic heterocycles. The second-order valence-electron chi connectivity index (χ2n) is 7.45. The van der Waals surface area contributed by atoms with Crippen LogP contribution in [-0.2, 0) is 21.4 Å². The molecule has 0 heterocycles. The second kappa shape index (κ2) is 12.1. The van der Waals surface area contributed by atoms with Crippen LogP contribution in [0, 0.1) is 0 Å². The number of sulfonamides is 1. The van der Waals surface area contributed by atoms with E-state index in [1.165, 1.54) is 19.2 Å². The van der Waals surface area contributed by atoms with Crippen molar-refractivity contribution in [3.63, 3.8) is 0 Å². The molecular weight excluding hydrogens is 468 g/mol. The minimum Gasteiger partial charge on any atom is -0.497 e. The predicted octanol–water partition coefficient (Wildman–Crippen LogP) is 4.00. The molecule has 0 saturated heterocycles. The Hall–Kier alpha value is -3.72. The van der Waals surface area contributed by atoms with Gasteiger partial charge < -0.3 is 19.5 Å². The molecule has 0 bridgehead atoms. The zero-order valence-corrected chi connectivity index (χ0v) is 20.9. The van der Waals surface area contributed by atoms with Crippen LogP contribution in [0.15, 0.2) is 77.7 Å². The fourth-order valence-electron chi connectivity index (χ4n) is 3.38. The van der Waals surface area contributed by atoms with Gasteiger partial charge in [-0.25, -0.2) is 8.42 Å². The third-order valence-corrected chi connectivity index (χ3v) is 6.86. The van der Waals surface area contributed by atoms with Gasteiger partial charge in [-0.15, -0.1) is 0 Å². The number of nitrogens with one attached hydrogen (secondary N) is 1. The number of carbonyl (C=O) groups excluding carboxylic acids is 1. The summed E-state index contributed by atoms with van der Waals surface area (Å²) < 4.78 is 44.3. The SMILES string of the molecule is CCOc1ccc(CNC(=O)CN(c2ccc(OC)cc2)S(=O)(=O)c2ccccc2)cc1OCC. The zero-order chi connectivity index (χ0) is 25.3. The van der Waals surface area contributed by atoms with Gasteiger partial charge >= 0.3 is 0 Å². The molecule has 8 nitrogen and oxygen atoms in total. The number of amides is 1. The molecule has 3 aromatic carbocycles. The highest BCUT2D eigenvalue weighted by Crippen LogP contribution is 2.29. The van der Waals surface area contributed by atoms with Crippen LogP contribution in [0.1, 0.15) is 19.4 Å². The van der Waals surface area contributed by atoms with Gasteiger partial charge in [-0.3, -0.25) is 9.10 Å². The van der Waals surface area contributed by atoms with Crippen molar-refractivity contribution in [3.05, 3.63) is 78.4 Å². The van der Waals surface area contributed by atoms with Gasteiger partial charge in [0.1, 0.15) is 12.3 Å². The van der Waals surface area contributed by atoms with Gasteiger partial charge in [0.05, 0.1) is 30.9 Å². The molecule has 9 heteroatoms. The molecule has 0 fully saturated rings. The van der Waals surface area contributed by atoms with Gasteiger partial charge in [-0.05, 0) is 67.9 Å². The van der Waals surface area contributed by atoms with Gasteiger partial charge in [0.25, 0.3) is 10.0 Å². The third kappa shape index (κ3) is 6.66. The molecular formula is C26H30N2O6S. The van der Waals surface area contributed by atoms with E-state index >= 15 is 0 Å². The smallest absolute Gasteiger partial charge is 0.264 e. The summed E-state index contributed by atoms with van der Waals surface area (Å²) in [6.45, 7) is 4.57. The number of rotatable bonds is 12. The van der Waals surface area contributed by atoms with Crippen LogP contribution in [0.25, 0.3) is 0 Å². The standard InChI is InChI=1S/C26H30N2O6S/c1-4-33-24-16-11-20(17-25(24)34-5-2)18-27-26(29)19-28(21-12-14-22(32-3)15-13-21)35(30,31)23-9-7-6-8-10-23/h6-17H,4-5,18-19H2,1-3H3,(H,27,29). The Morgan fingerprint density at radius 1 is 0.886 bits per heavy atom. The number of carbonyl (C=O) groups is 1. The quantitative estimate of drug-likeness (QED) is 0.406. The highest BCUT2D eigenvalue weighted by molar-refractivity contribution is 7.92. The van der Waals surface area contributed by atoms with Crippen LogP contribution < -0.4 is 23.8 Å². The van der Waals surface area contributed by atoms with Crippen molar-refractivity contribution in [3.8, 4) is 17.2 Å².